The molecule has 7 heteroatoms. The first-order chi connectivity index (χ1) is 13.1. The molecule has 1 aromatic heterocycles. The third kappa shape index (κ3) is 3.84. The lowest BCUT2D eigenvalue weighted by molar-refractivity contribution is -0.140. The van der Waals surface area contributed by atoms with Gasteiger partial charge in [-0.15, -0.1) is 0 Å². The number of hydrogen-bond acceptors (Lipinski definition) is 5. The van der Waals surface area contributed by atoms with Crippen molar-refractivity contribution in [1.82, 2.24) is 9.80 Å². The fourth-order valence-corrected chi connectivity index (χ4v) is 4.29. The molecule has 4 rings (SSSR count). The molecule has 1 unspecified atom stereocenters. The van der Waals surface area contributed by atoms with Gasteiger partial charge in [0.1, 0.15) is 5.75 Å². The highest BCUT2D eigenvalue weighted by molar-refractivity contribution is 7.07. The first kappa shape index (κ1) is 18.0. The normalized spacial score (nSPS) is 20.1. The van der Waals surface area contributed by atoms with Crippen molar-refractivity contribution in [3.63, 3.8) is 0 Å². The van der Waals surface area contributed by atoms with Gasteiger partial charge in [-0.1, -0.05) is 12.1 Å². The second-order valence-electron chi connectivity index (χ2n) is 6.94. The van der Waals surface area contributed by atoms with Gasteiger partial charge in [0.2, 0.25) is 5.91 Å². The van der Waals surface area contributed by atoms with Crippen molar-refractivity contribution in [1.29, 1.82) is 0 Å². The topological polar surface area (TPSA) is 53.1 Å². The van der Waals surface area contributed by atoms with Gasteiger partial charge in [-0.05, 0) is 34.5 Å². The Balaban J connectivity index is 1.39. The summed E-state index contributed by atoms with van der Waals surface area (Å²) in [5.41, 5.74) is 2.05. The van der Waals surface area contributed by atoms with Crippen molar-refractivity contribution in [2.45, 2.75) is 19.6 Å². The first-order valence-corrected chi connectivity index (χ1v) is 10.1. The quantitative estimate of drug-likeness (QED) is 0.813. The molecule has 2 aliphatic heterocycles. The van der Waals surface area contributed by atoms with E-state index in [1.807, 2.05) is 29.2 Å². The molecule has 2 aromatic rings. The van der Waals surface area contributed by atoms with E-state index in [-0.39, 0.29) is 18.4 Å². The summed E-state index contributed by atoms with van der Waals surface area (Å²) in [6.07, 6.45) is -0.646. The van der Waals surface area contributed by atoms with E-state index in [4.69, 9.17) is 4.74 Å². The Hall–Kier alpha value is -2.38. The van der Waals surface area contributed by atoms with E-state index in [2.05, 4.69) is 21.7 Å². The summed E-state index contributed by atoms with van der Waals surface area (Å²) in [5.74, 6) is 0.475. The van der Waals surface area contributed by atoms with Crippen molar-refractivity contribution < 1.29 is 14.3 Å². The van der Waals surface area contributed by atoms with Crippen LogP contribution in [0.1, 0.15) is 12.5 Å². The molecule has 0 radical (unpaired) electrons. The van der Waals surface area contributed by atoms with E-state index < -0.39 is 6.10 Å². The SMILES string of the molecule is CC(=O)N1CC(C(=O)N2CCN(Cc3ccsc3)CC2)Oc2ccccc21. The van der Waals surface area contributed by atoms with E-state index in [0.29, 0.717) is 18.8 Å². The molecule has 0 aliphatic carbocycles. The molecule has 2 amide bonds. The standard InChI is InChI=1S/C20H23N3O3S/c1-15(24)23-13-19(26-18-5-3-2-4-17(18)23)20(25)22-9-7-21(8-10-22)12-16-6-11-27-14-16/h2-6,11,14,19H,7-10,12-13H2,1H3. The molecule has 0 saturated carbocycles. The summed E-state index contributed by atoms with van der Waals surface area (Å²) >= 11 is 1.71. The summed E-state index contributed by atoms with van der Waals surface area (Å²) in [5, 5.41) is 4.26. The number of nitrogens with zero attached hydrogens (tertiary/aromatic N) is 3. The van der Waals surface area contributed by atoms with Crippen LogP contribution in [0.4, 0.5) is 5.69 Å². The molecule has 1 aromatic carbocycles. The minimum absolute atomic E-state index is 0.0362. The van der Waals surface area contributed by atoms with Crippen LogP contribution in [0.3, 0.4) is 0 Å². The Morgan fingerprint density at radius 2 is 1.93 bits per heavy atom. The summed E-state index contributed by atoms with van der Waals surface area (Å²) < 4.78 is 5.94. The monoisotopic (exact) mass is 385 g/mol. The van der Waals surface area contributed by atoms with Crippen LogP contribution in [0.2, 0.25) is 0 Å². The molecule has 142 valence electrons. The number of ether oxygens (including phenoxy) is 1. The Morgan fingerprint density at radius 3 is 2.63 bits per heavy atom. The maximum atomic E-state index is 13.0. The molecule has 0 bridgehead atoms. The summed E-state index contributed by atoms with van der Waals surface area (Å²) in [7, 11) is 0. The third-order valence-electron chi connectivity index (χ3n) is 5.10. The average molecular weight is 385 g/mol. The summed E-state index contributed by atoms with van der Waals surface area (Å²) in [6, 6.07) is 9.52. The lowest BCUT2D eigenvalue weighted by atomic mass is 10.1. The fraction of sp³-hybridized carbons (Fsp3) is 0.400. The second-order valence-corrected chi connectivity index (χ2v) is 7.72. The number of benzene rings is 1. The minimum atomic E-state index is -0.646. The molecule has 2 aliphatic rings. The van der Waals surface area contributed by atoms with Crippen LogP contribution in [-0.2, 0) is 16.1 Å². The Labute approximate surface area is 162 Å². The Morgan fingerprint density at radius 1 is 1.15 bits per heavy atom. The van der Waals surface area contributed by atoms with Crippen LogP contribution in [0, 0.1) is 0 Å². The largest absolute Gasteiger partial charge is 0.476 e. The predicted octanol–water partition coefficient (Wildman–Crippen LogP) is 2.21. The highest BCUT2D eigenvalue weighted by atomic mass is 32.1. The van der Waals surface area contributed by atoms with E-state index in [0.717, 1.165) is 25.3 Å². The lowest BCUT2D eigenvalue weighted by Gasteiger charge is -2.39. The maximum absolute atomic E-state index is 13.0. The molecule has 6 nitrogen and oxygen atoms in total. The van der Waals surface area contributed by atoms with Gasteiger partial charge in [-0.3, -0.25) is 14.5 Å². The number of amides is 2. The number of carbonyl (C=O) groups is 2. The fourth-order valence-electron chi connectivity index (χ4n) is 3.63. The van der Waals surface area contributed by atoms with Crippen LogP contribution < -0.4 is 9.64 Å². The molecule has 0 spiro atoms. The lowest BCUT2D eigenvalue weighted by Crippen LogP contribution is -2.56. The number of piperazine rings is 1. The van der Waals surface area contributed by atoms with Gasteiger partial charge in [-0.2, -0.15) is 11.3 Å². The summed E-state index contributed by atoms with van der Waals surface area (Å²) in [6.45, 7) is 5.78. The smallest absolute Gasteiger partial charge is 0.265 e. The second kappa shape index (κ2) is 7.70. The first-order valence-electron chi connectivity index (χ1n) is 9.18. The van der Waals surface area contributed by atoms with E-state index in [1.165, 1.54) is 12.5 Å². The predicted molar refractivity (Wildman–Crippen MR) is 105 cm³/mol. The minimum Gasteiger partial charge on any atom is -0.476 e. The number of para-hydroxylation sites is 2. The molecule has 0 N–H and O–H groups in total. The zero-order chi connectivity index (χ0) is 18.8. The molecule has 3 heterocycles. The van der Waals surface area contributed by atoms with Crippen molar-refractivity contribution in [3.8, 4) is 5.75 Å². The van der Waals surface area contributed by atoms with Gasteiger partial charge in [-0.25, -0.2) is 0 Å². The summed E-state index contributed by atoms with van der Waals surface area (Å²) in [4.78, 5) is 30.9. The van der Waals surface area contributed by atoms with Crippen molar-refractivity contribution in [2.24, 2.45) is 0 Å². The highest BCUT2D eigenvalue weighted by Crippen LogP contribution is 2.33. The van der Waals surface area contributed by atoms with Gasteiger partial charge < -0.3 is 14.5 Å². The van der Waals surface area contributed by atoms with E-state index in [1.54, 1.807) is 16.2 Å². The Bertz CT molecular complexity index is 816. The van der Waals surface area contributed by atoms with Crippen LogP contribution in [0.25, 0.3) is 0 Å². The zero-order valence-electron chi connectivity index (χ0n) is 15.3. The number of carbonyl (C=O) groups excluding carboxylic acids is 2. The van der Waals surface area contributed by atoms with Crippen LogP contribution in [0.15, 0.2) is 41.1 Å². The van der Waals surface area contributed by atoms with E-state index >= 15 is 0 Å². The van der Waals surface area contributed by atoms with Crippen molar-refractivity contribution >= 4 is 28.8 Å². The molecule has 1 atom stereocenters. The molecular weight excluding hydrogens is 362 g/mol. The van der Waals surface area contributed by atoms with Crippen molar-refractivity contribution in [3.05, 3.63) is 46.7 Å². The molecule has 1 fully saturated rings. The van der Waals surface area contributed by atoms with Gasteiger partial charge >= 0.3 is 0 Å². The van der Waals surface area contributed by atoms with E-state index in [9.17, 15) is 9.59 Å². The number of anilines is 1. The molecule has 1 saturated heterocycles. The van der Waals surface area contributed by atoms with Gasteiger partial charge in [0.05, 0.1) is 12.2 Å². The van der Waals surface area contributed by atoms with Gasteiger partial charge in [0, 0.05) is 39.6 Å². The van der Waals surface area contributed by atoms with Crippen LogP contribution in [-0.4, -0.2) is 60.4 Å². The number of rotatable bonds is 3. The van der Waals surface area contributed by atoms with Crippen molar-refractivity contribution in [2.75, 3.05) is 37.6 Å². The maximum Gasteiger partial charge on any atom is 0.265 e. The molecular formula is C20H23N3O3S. The number of fused-ring (bicyclic) bond motifs is 1. The number of hydrogen-bond donors (Lipinski definition) is 0. The van der Waals surface area contributed by atoms with Crippen LogP contribution in [0.5, 0.6) is 5.75 Å². The highest BCUT2D eigenvalue weighted by Gasteiger charge is 2.35. The van der Waals surface area contributed by atoms with Crippen LogP contribution >= 0.6 is 11.3 Å². The molecule has 27 heavy (non-hydrogen) atoms. The third-order valence-corrected chi connectivity index (χ3v) is 5.83. The zero-order valence-corrected chi connectivity index (χ0v) is 16.2. The Kier molecular flexibility index (Phi) is 5.13. The number of thiophene rings is 1. The van der Waals surface area contributed by atoms with Gasteiger partial charge in [0.15, 0.2) is 6.10 Å². The van der Waals surface area contributed by atoms with Gasteiger partial charge in [0.25, 0.3) is 5.91 Å². The average Bonchev–Trinajstić information content (AvgIpc) is 3.20.